The third-order valence-corrected chi connectivity index (χ3v) is 14.2. The molecule has 8 rings (SSSR count). The van der Waals surface area contributed by atoms with Gasteiger partial charge in [0, 0.05) is 71.5 Å². The molecule has 0 aliphatic carbocycles. The van der Waals surface area contributed by atoms with Crippen molar-refractivity contribution in [3.63, 3.8) is 0 Å². The third-order valence-electron chi connectivity index (χ3n) is 10.9. The summed E-state index contributed by atoms with van der Waals surface area (Å²) in [6, 6.07) is 43.7. The van der Waals surface area contributed by atoms with Gasteiger partial charge >= 0.3 is 0 Å². The van der Waals surface area contributed by atoms with Gasteiger partial charge in [-0.2, -0.15) is 0 Å². The molecule has 0 radical (unpaired) electrons. The van der Waals surface area contributed by atoms with Crippen LogP contribution in [0.25, 0.3) is 0 Å². The van der Waals surface area contributed by atoms with Crippen LogP contribution in [0.5, 0.6) is 0 Å². The molecule has 0 atom stereocenters. The largest absolute Gasteiger partial charge is 0.397 e. The molecule has 338 valence electrons. The fourth-order valence-corrected chi connectivity index (χ4v) is 10.1. The number of nitrogen functional groups attached to an aromatic ring is 1. The second kappa shape index (κ2) is 22.4. The maximum Gasteiger partial charge on any atom is 0.291 e. The first-order chi connectivity index (χ1) is 29.9. The highest BCUT2D eigenvalue weighted by atomic mass is 32.2. The first kappa shape index (κ1) is 48.8. The topological polar surface area (TPSA) is 176 Å². The van der Waals surface area contributed by atoms with E-state index < -0.39 is 30.4 Å². The number of hydrogen-bond acceptors (Lipinski definition) is 13. The van der Waals surface area contributed by atoms with Crippen LogP contribution in [0.3, 0.4) is 0 Å². The maximum absolute atomic E-state index is 12.8. The van der Waals surface area contributed by atoms with Crippen LogP contribution in [-0.2, 0) is 44.3 Å². The monoisotopic (exact) mass is 906 g/mol. The summed E-state index contributed by atoms with van der Waals surface area (Å²) < 4.78 is 51.1. The van der Waals surface area contributed by atoms with Crippen molar-refractivity contribution >= 4 is 42.7 Å². The summed E-state index contributed by atoms with van der Waals surface area (Å²) in [5.74, 6) is 0.620. The number of aromatic nitrogens is 2. The van der Waals surface area contributed by atoms with Gasteiger partial charge in [0.15, 0.2) is 19.7 Å². The predicted octanol–water partition coefficient (Wildman–Crippen LogP) is 7.52. The van der Waals surface area contributed by atoms with Crippen molar-refractivity contribution in [2.45, 2.75) is 49.2 Å². The van der Waals surface area contributed by atoms with Crippen LogP contribution in [0.1, 0.15) is 37.4 Å². The molecule has 0 saturated carbocycles. The van der Waals surface area contributed by atoms with Crippen molar-refractivity contribution < 1.29 is 21.8 Å². The van der Waals surface area contributed by atoms with Crippen molar-refractivity contribution in [2.24, 2.45) is 0 Å². The van der Waals surface area contributed by atoms with Gasteiger partial charge in [-0.25, -0.2) is 26.8 Å². The zero-order chi connectivity index (χ0) is 43.5. The molecule has 4 aromatic carbocycles. The molecule has 2 N–H and O–H groups in total. The Morgan fingerprint density at radius 3 is 1.27 bits per heavy atom. The summed E-state index contributed by atoms with van der Waals surface area (Å²) in [7, 11) is -7.25. The third kappa shape index (κ3) is 12.9. The van der Waals surface area contributed by atoms with Crippen molar-refractivity contribution in [2.75, 3.05) is 67.9 Å². The van der Waals surface area contributed by atoms with Crippen LogP contribution in [0, 0.1) is 10.1 Å². The Kier molecular flexibility index (Phi) is 17.1. The number of hydrogen-bond donors (Lipinski definition) is 1. The molecule has 2 aromatic heterocycles. The number of rotatable bonds is 13. The van der Waals surface area contributed by atoms with E-state index in [0.717, 1.165) is 58.2 Å². The van der Waals surface area contributed by atoms with Crippen LogP contribution < -0.4 is 15.5 Å². The van der Waals surface area contributed by atoms with E-state index >= 15 is 0 Å². The van der Waals surface area contributed by atoms with Crippen molar-refractivity contribution in [3.8, 4) is 0 Å². The van der Waals surface area contributed by atoms with Crippen LogP contribution in [0.4, 0.5) is 23.0 Å². The number of nitrogens with two attached hydrogens (primary N) is 1. The zero-order valence-corrected chi connectivity index (χ0v) is 35.9. The minimum absolute atomic E-state index is 0. The van der Waals surface area contributed by atoms with Crippen molar-refractivity contribution in [1.29, 1.82) is 0 Å². The summed E-state index contributed by atoms with van der Waals surface area (Å²) in [6.45, 7) is 8.41. The van der Waals surface area contributed by atoms with Gasteiger partial charge in [0.2, 0.25) is 0 Å². The molecular weight excluding hydrogens is 849 g/mol. The Labute approximate surface area is 378 Å². The molecule has 16 heteroatoms. The van der Waals surface area contributed by atoms with E-state index in [0.29, 0.717) is 30.3 Å². The average molecular weight is 907 g/mol. The summed E-state index contributed by atoms with van der Waals surface area (Å²) in [6.07, 6.45) is 0. The Bertz CT molecular complexity index is 2630. The van der Waals surface area contributed by atoms with Gasteiger partial charge in [0.1, 0.15) is 23.1 Å². The molecule has 2 aliphatic rings. The van der Waals surface area contributed by atoms with E-state index in [4.69, 9.17) is 5.73 Å². The first-order valence-electron chi connectivity index (χ1n) is 20.4. The quantitative estimate of drug-likeness (QED) is 0.0891. The van der Waals surface area contributed by atoms with Crippen LogP contribution >= 0.6 is 0 Å². The van der Waals surface area contributed by atoms with E-state index in [1.54, 1.807) is 60.7 Å². The van der Waals surface area contributed by atoms with E-state index in [1.807, 2.05) is 35.2 Å². The molecule has 0 spiro atoms. The first-order valence-corrected chi connectivity index (χ1v) is 23.7. The lowest BCUT2D eigenvalue weighted by molar-refractivity contribution is -0.385. The van der Waals surface area contributed by atoms with Gasteiger partial charge in [0.05, 0.1) is 31.8 Å². The number of benzene rings is 4. The zero-order valence-electron chi connectivity index (χ0n) is 34.3. The number of pyridine rings is 2. The molecule has 2 saturated heterocycles. The Morgan fingerprint density at radius 2 is 0.859 bits per heavy atom. The van der Waals surface area contributed by atoms with Gasteiger partial charge in [-0.15, -0.1) is 0 Å². The van der Waals surface area contributed by atoms with Crippen LogP contribution in [-0.4, -0.2) is 93.9 Å². The summed E-state index contributed by atoms with van der Waals surface area (Å²) in [4.78, 5) is 29.4. The van der Waals surface area contributed by atoms with Gasteiger partial charge in [-0.3, -0.25) is 19.9 Å². The van der Waals surface area contributed by atoms with Crippen LogP contribution in [0.2, 0.25) is 0 Å². The Hall–Kier alpha value is -6.20. The smallest absolute Gasteiger partial charge is 0.291 e. The lowest BCUT2D eigenvalue weighted by atomic mass is 10.2. The molecular formula is C48H58N8O6S2. The standard InChI is InChI=1S/C23H24N4O4S.C23H26N4O2S.2CH4/c28-27(29)22-11-12-23(24-21(22)18-32(30,31)20-9-5-2-6-10-20)26-15-13-25(14-16-26)17-19-7-3-1-4-8-19;24-21-11-12-23(25-22(21)18-30(28,29)20-9-5-2-6-10-20)27-15-13-26(14-16-27)17-19-7-3-1-4-8-19;;/h1-12H,13-18H2;1-12H,13-18,24H2;2*1H4. The molecule has 4 heterocycles. The highest BCUT2D eigenvalue weighted by Gasteiger charge is 2.27. The number of piperazine rings is 2. The van der Waals surface area contributed by atoms with E-state index in [2.05, 4.69) is 61.1 Å². The molecule has 64 heavy (non-hydrogen) atoms. The Balaban J connectivity index is 0.000000234. The summed E-state index contributed by atoms with van der Waals surface area (Å²) in [5, 5.41) is 11.5. The van der Waals surface area contributed by atoms with Crippen LogP contribution in [0.15, 0.2) is 155 Å². The minimum atomic E-state index is -3.75. The normalized spacial score (nSPS) is 14.6. The van der Waals surface area contributed by atoms with Crippen molar-refractivity contribution in [3.05, 3.63) is 178 Å². The second-order valence-corrected chi connectivity index (χ2v) is 19.2. The summed E-state index contributed by atoms with van der Waals surface area (Å²) in [5.41, 5.74) is 9.11. The van der Waals surface area contributed by atoms with Crippen molar-refractivity contribution in [1.82, 2.24) is 19.8 Å². The van der Waals surface area contributed by atoms with Gasteiger partial charge < -0.3 is 15.5 Å². The average Bonchev–Trinajstić information content (AvgIpc) is 3.29. The van der Waals surface area contributed by atoms with Gasteiger partial charge in [-0.1, -0.05) is 112 Å². The lowest BCUT2D eigenvalue weighted by Crippen LogP contribution is -2.46. The minimum Gasteiger partial charge on any atom is -0.397 e. The van der Waals surface area contributed by atoms with Gasteiger partial charge in [0.25, 0.3) is 5.69 Å². The molecule has 0 amide bonds. The van der Waals surface area contributed by atoms with Gasteiger partial charge in [-0.05, 0) is 53.6 Å². The highest BCUT2D eigenvalue weighted by Crippen LogP contribution is 2.27. The molecule has 0 unspecified atom stereocenters. The Morgan fingerprint density at radius 1 is 0.500 bits per heavy atom. The molecule has 2 fully saturated rings. The second-order valence-electron chi connectivity index (χ2n) is 15.2. The number of sulfone groups is 2. The molecule has 2 aliphatic heterocycles. The van der Waals surface area contributed by atoms with E-state index in [-0.39, 0.29) is 41.8 Å². The molecule has 6 aromatic rings. The maximum atomic E-state index is 12.8. The number of nitro groups is 1. The fraction of sp³-hybridized carbons (Fsp3) is 0.292. The fourth-order valence-electron chi connectivity index (χ4n) is 7.46. The summed E-state index contributed by atoms with van der Waals surface area (Å²) >= 11 is 0. The lowest BCUT2D eigenvalue weighted by Gasteiger charge is -2.35. The van der Waals surface area contributed by atoms with E-state index in [9.17, 15) is 26.9 Å². The predicted molar refractivity (Wildman–Crippen MR) is 256 cm³/mol. The molecule has 0 bridgehead atoms. The van der Waals surface area contributed by atoms with E-state index in [1.165, 1.54) is 29.3 Å². The molecule has 14 nitrogen and oxygen atoms in total. The number of anilines is 3. The highest BCUT2D eigenvalue weighted by molar-refractivity contribution is 7.91. The number of nitrogens with zero attached hydrogens (tertiary/aromatic N) is 7. The SMILES string of the molecule is C.C.Nc1ccc(N2CCN(Cc3ccccc3)CC2)nc1CS(=O)(=O)c1ccccc1.O=[N+]([O-])c1ccc(N2CCN(Cc3ccccc3)CC2)nc1CS(=O)(=O)c1ccccc1.